The summed E-state index contributed by atoms with van der Waals surface area (Å²) in [6.07, 6.45) is 13.0. The van der Waals surface area contributed by atoms with Gasteiger partial charge in [0.2, 0.25) is 0 Å². The maximum atomic E-state index is 6.10. The Hall–Kier alpha value is -0.820. The first kappa shape index (κ1) is 19.2. The van der Waals surface area contributed by atoms with E-state index < -0.39 is 0 Å². The molecule has 0 aromatic heterocycles. The zero-order valence-electron chi connectivity index (χ0n) is 15.1. The van der Waals surface area contributed by atoms with Gasteiger partial charge < -0.3 is 4.74 Å². The van der Waals surface area contributed by atoms with Crippen LogP contribution in [0.25, 0.3) is 0 Å². The van der Waals surface area contributed by atoms with Crippen LogP contribution in [0.15, 0.2) is 30.3 Å². The molecule has 1 atom stereocenters. The number of ether oxygens (including phenoxy) is 1. The maximum Gasteiger partial charge on any atom is 0.0657 e. The van der Waals surface area contributed by atoms with Crippen LogP contribution in [0, 0.1) is 0 Å². The second-order valence-corrected chi connectivity index (χ2v) is 6.74. The summed E-state index contributed by atoms with van der Waals surface area (Å²) in [5.41, 5.74) is 1.47. The lowest BCUT2D eigenvalue weighted by Gasteiger charge is -2.30. The Bertz CT molecular complexity index is 359. The Labute approximate surface area is 138 Å². The fraction of sp³-hybridized carbons (Fsp3) is 0.714. The molecule has 0 aliphatic carbocycles. The van der Waals surface area contributed by atoms with Crippen LogP contribution in [0.2, 0.25) is 0 Å². The van der Waals surface area contributed by atoms with E-state index in [2.05, 4.69) is 51.1 Å². The summed E-state index contributed by atoms with van der Waals surface area (Å²) < 4.78 is 6.10. The van der Waals surface area contributed by atoms with E-state index in [0.717, 1.165) is 19.4 Å². The number of hydrogen-bond acceptors (Lipinski definition) is 1. The summed E-state index contributed by atoms with van der Waals surface area (Å²) in [6.45, 7) is 7.52. The highest BCUT2D eigenvalue weighted by Gasteiger charge is 2.23. The van der Waals surface area contributed by atoms with E-state index >= 15 is 0 Å². The highest BCUT2D eigenvalue weighted by atomic mass is 16.5. The summed E-state index contributed by atoms with van der Waals surface area (Å²) in [5, 5.41) is 0. The van der Waals surface area contributed by atoms with Crippen LogP contribution in [0.5, 0.6) is 0 Å². The molecule has 0 spiro atoms. The van der Waals surface area contributed by atoms with Gasteiger partial charge in [0.1, 0.15) is 0 Å². The number of aryl methyl sites for hydroxylation is 1. The van der Waals surface area contributed by atoms with Crippen LogP contribution in [0.1, 0.15) is 84.1 Å². The highest BCUT2D eigenvalue weighted by Crippen LogP contribution is 2.26. The van der Waals surface area contributed by atoms with Crippen LogP contribution in [0.3, 0.4) is 0 Å². The van der Waals surface area contributed by atoms with Gasteiger partial charge in [-0.15, -0.1) is 0 Å². The summed E-state index contributed by atoms with van der Waals surface area (Å²) in [5.74, 6) is 0. The van der Waals surface area contributed by atoms with Crippen LogP contribution >= 0.6 is 0 Å². The van der Waals surface area contributed by atoms with E-state index in [1.165, 1.54) is 56.9 Å². The molecular formula is C21H36O. The second-order valence-electron chi connectivity index (χ2n) is 6.74. The molecule has 0 fully saturated rings. The quantitative estimate of drug-likeness (QED) is 0.375. The summed E-state index contributed by atoms with van der Waals surface area (Å²) in [4.78, 5) is 0. The fourth-order valence-electron chi connectivity index (χ4n) is 3.13. The van der Waals surface area contributed by atoms with Crippen molar-refractivity contribution in [1.82, 2.24) is 0 Å². The lowest BCUT2D eigenvalue weighted by Crippen LogP contribution is -2.29. The van der Waals surface area contributed by atoms with Crippen LogP contribution in [0.4, 0.5) is 0 Å². The fourth-order valence-corrected chi connectivity index (χ4v) is 3.13. The van der Waals surface area contributed by atoms with Gasteiger partial charge in [-0.3, -0.25) is 0 Å². The van der Waals surface area contributed by atoms with Crippen molar-refractivity contribution in [2.24, 2.45) is 0 Å². The molecular weight excluding hydrogens is 268 g/mol. The molecule has 1 aromatic rings. The molecule has 1 unspecified atom stereocenters. The number of unbranched alkanes of at least 4 members (excludes halogenated alkanes) is 6. The summed E-state index contributed by atoms with van der Waals surface area (Å²) in [6, 6.07) is 10.8. The van der Waals surface area contributed by atoms with Gasteiger partial charge in [0, 0.05) is 6.61 Å². The molecule has 1 heteroatoms. The molecule has 1 aromatic carbocycles. The Balaban J connectivity index is 2.26. The van der Waals surface area contributed by atoms with Crippen LogP contribution in [-0.2, 0) is 11.2 Å². The Kier molecular flexibility index (Phi) is 10.2. The van der Waals surface area contributed by atoms with Gasteiger partial charge in [-0.25, -0.2) is 0 Å². The number of rotatable bonds is 13. The highest BCUT2D eigenvalue weighted by molar-refractivity contribution is 5.15. The topological polar surface area (TPSA) is 9.23 Å². The van der Waals surface area contributed by atoms with Gasteiger partial charge in [0.05, 0.1) is 5.60 Å². The van der Waals surface area contributed by atoms with Crippen molar-refractivity contribution in [2.45, 2.75) is 90.6 Å². The normalized spacial score (nSPS) is 14.0. The molecule has 0 aliphatic rings. The van der Waals surface area contributed by atoms with E-state index in [1.54, 1.807) is 0 Å². The van der Waals surface area contributed by atoms with Crippen molar-refractivity contribution >= 4 is 0 Å². The third-order valence-corrected chi connectivity index (χ3v) is 4.59. The van der Waals surface area contributed by atoms with Gasteiger partial charge in [0.15, 0.2) is 0 Å². The molecule has 0 saturated carbocycles. The molecule has 0 saturated heterocycles. The van der Waals surface area contributed by atoms with Gasteiger partial charge in [-0.05, 0) is 38.7 Å². The largest absolute Gasteiger partial charge is 0.376 e. The maximum absolute atomic E-state index is 6.10. The van der Waals surface area contributed by atoms with Crippen LogP contribution < -0.4 is 0 Å². The number of benzene rings is 1. The minimum atomic E-state index is 0.0496. The molecule has 0 heterocycles. The summed E-state index contributed by atoms with van der Waals surface area (Å²) in [7, 11) is 0. The lowest BCUT2D eigenvalue weighted by atomic mass is 9.90. The van der Waals surface area contributed by atoms with Gasteiger partial charge in [0.25, 0.3) is 0 Å². The molecule has 0 bridgehead atoms. The molecule has 0 aliphatic heterocycles. The predicted molar refractivity (Wildman–Crippen MR) is 97.4 cm³/mol. The van der Waals surface area contributed by atoms with E-state index in [4.69, 9.17) is 4.74 Å². The van der Waals surface area contributed by atoms with E-state index in [-0.39, 0.29) is 5.60 Å². The average Bonchev–Trinajstić information content (AvgIpc) is 2.54. The van der Waals surface area contributed by atoms with E-state index in [9.17, 15) is 0 Å². The molecule has 0 N–H and O–H groups in total. The standard InChI is InChI=1S/C21H36O/c1-4-6-7-8-9-10-14-18-21(3,22-5-2)19-17-20-15-12-11-13-16-20/h11-13,15-16H,4-10,14,17-19H2,1-3H3. The van der Waals surface area contributed by atoms with Gasteiger partial charge in [-0.1, -0.05) is 82.2 Å². The predicted octanol–water partition coefficient (Wildman–Crippen LogP) is 6.56. The SMILES string of the molecule is CCCCCCCCCC(C)(CCc1ccccc1)OCC. The first-order valence-electron chi connectivity index (χ1n) is 9.38. The third-order valence-electron chi connectivity index (χ3n) is 4.59. The molecule has 0 radical (unpaired) electrons. The number of hydrogen-bond donors (Lipinski definition) is 0. The van der Waals surface area contributed by atoms with Crippen molar-refractivity contribution < 1.29 is 4.74 Å². The van der Waals surface area contributed by atoms with Crippen LogP contribution in [-0.4, -0.2) is 12.2 Å². The molecule has 22 heavy (non-hydrogen) atoms. The average molecular weight is 305 g/mol. The second kappa shape index (κ2) is 11.7. The smallest absolute Gasteiger partial charge is 0.0657 e. The van der Waals surface area contributed by atoms with Crippen molar-refractivity contribution in [3.05, 3.63) is 35.9 Å². The first-order chi connectivity index (χ1) is 10.7. The zero-order chi connectivity index (χ0) is 16.1. The zero-order valence-corrected chi connectivity index (χ0v) is 15.1. The Morgan fingerprint density at radius 1 is 0.818 bits per heavy atom. The van der Waals surface area contributed by atoms with E-state index in [0.29, 0.717) is 0 Å². The Morgan fingerprint density at radius 2 is 1.45 bits per heavy atom. The lowest BCUT2D eigenvalue weighted by molar-refractivity contribution is -0.0385. The molecule has 1 nitrogen and oxygen atoms in total. The van der Waals surface area contributed by atoms with Gasteiger partial charge in [-0.2, -0.15) is 0 Å². The monoisotopic (exact) mass is 304 g/mol. The first-order valence-corrected chi connectivity index (χ1v) is 9.38. The molecule has 0 amide bonds. The third kappa shape index (κ3) is 8.58. The van der Waals surface area contributed by atoms with Gasteiger partial charge >= 0.3 is 0 Å². The van der Waals surface area contributed by atoms with E-state index in [1.807, 2.05) is 0 Å². The minimum absolute atomic E-state index is 0.0496. The summed E-state index contributed by atoms with van der Waals surface area (Å²) >= 11 is 0. The van der Waals surface area contributed by atoms with Crippen molar-refractivity contribution in [3.8, 4) is 0 Å². The molecule has 1 rings (SSSR count). The van der Waals surface area contributed by atoms with Crippen molar-refractivity contribution in [1.29, 1.82) is 0 Å². The molecule has 126 valence electrons. The Morgan fingerprint density at radius 3 is 2.09 bits per heavy atom. The minimum Gasteiger partial charge on any atom is -0.376 e. The van der Waals surface area contributed by atoms with Crippen molar-refractivity contribution in [3.63, 3.8) is 0 Å². The van der Waals surface area contributed by atoms with Crippen molar-refractivity contribution in [2.75, 3.05) is 6.61 Å².